The molecule has 5 heterocycles. The highest BCUT2D eigenvalue weighted by molar-refractivity contribution is 6.04. The molecule has 2 saturated heterocycles. The SMILES string of the molecule is Cn1ccc2nc(-c3ccc4c(c3)CN(N3C(=O)CCCC3=O)C4=O)cc(CN3CCCC3)c21. The molecule has 0 radical (unpaired) electrons. The highest BCUT2D eigenvalue weighted by atomic mass is 16.2. The first-order valence-electron chi connectivity index (χ1n) is 12.0. The lowest BCUT2D eigenvalue weighted by molar-refractivity contribution is -0.163. The Kier molecular flexibility index (Phi) is 4.99. The molecule has 6 rings (SSSR count). The molecule has 174 valence electrons. The van der Waals surface area contributed by atoms with Gasteiger partial charge in [0.2, 0.25) is 11.8 Å². The second kappa shape index (κ2) is 8.06. The number of aryl methyl sites for hydroxylation is 1. The van der Waals surface area contributed by atoms with Crippen LogP contribution in [0.4, 0.5) is 0 Å². The summed E-state index contributed by atoms with van der Waals surface area (Å²) >= 11 is 0. The van der Waals surface area contributed by atoms with Crippen LogP contribution in [0.1, 0.15) is 53.6 Å². The fourth-order valence-corrected chi connectivity index (χ4v) is 5.48. The summed E-state index contributed by atoms with van der Waals surface area (Å²) in [6, 6.07) is 9.88. The Balaban J connectivity index is 1.35. The van der Waals surface area contributed by atoms with Crippen molar-refractivity contribution >= 4 is 28.8 Å². The quantitative estimate of drug-likeness (QED) is 0.562. The van der Waals surface area contributed by atoms with E-state index in [-0.39, 0.29) is 37.1 Å². The fraction of sp³-hybridized carbons (Fsp3) is 0.385. The summed E-state index contributed by atoms with van der Waals surface area (Å²) in [4.78, 5) is 45.2. The second-order valence-electron chi connectivity index (χ2n) is 9.50. The van der Waals surface area contributed by atoms with Gasteiger partial charge >= 0.3 is 0 Å². The number of nitrogens with zero attached hydrogens (tertiary/aromatic N) is 5. The average Bonchev–Trinajstić information content (AvgIpc) is 3.54. The van der Waals surface area contributed by atoms with Gasteiger partial charge in [-0.2, -0.15) is 5.01 Å². The number of aromatic nitrogens is 2. The van der Waals surface area contributed by atoms with Crippen LogP contribution in [0, 0.1) is 0 Å². The number of piperidine rings is 1. The zero-order valence-corrected chi connectivity index (χ0v) is 19.3. The van der Waals surface area contributed by atoms with Crippen molar-refractivity contribution < 1.29 is 14.4 Å². The first kappa shape index (κ1) is 21.0. The van der Waals surface area contributed by atoms with Crippen molar-refractivity contribution in [3.63, 3.8) is 0 Å². The molecule has 8 heteroatoms. The first-order chi connectivity index (χ1) is 16.5. The van der Waals surface area contributed by atoms with E-state index in [2.05, 4.69) is 22.6 Å². The van der Waals surface area contributed by atoms with Crippen molar-refractivity contribution in [2.75, 3.05) is 13.1 Å². The van der Waals surface area contributed by atoms with Crippen LogP contribution in [0.3, 0.4) is 0 Å². The summed E-state index contributed by atoms with van der Waals surface area (Å²) in [6.45, 7) is 3.34. The number of fused-ring (bicyclic) bond motifs is 2. The third kappa shape index (κ3) is 3.40. The minimum absolute atomic E-state index is 0.216. The maximum atomic E-state index is 13.0. The van der Waals surface area contributed by atoms with Crippen molar-refractivity contribution in [2.24, 2.45) is 7.05 Å². The summed E-state index contributed by atoms with van der Waals surface area (Å²) in [5.41, 5.74) is 6.50. The van der Waals surface area contributed by atoms with Gasteiger partial charge in [0.1, 0.15) is 0 Å². The Hall–Kier alpha value is -3.52. The van der Waals surface area contributed by atoms with Gasteiger partial charge in [0, 0.05) is 43.8 Å². The van der Waals surface area contributed by atoms with Crippen LogP contribution in [0.5, 0.6) is 0 Å². The summed E-state index contributed by atoms with van der Waals surface area (Å²) in [7, 11) is 2.05. The van der Waals surface area contributed by atoms with E-state index in [1.54, 1.807) is 6.07 Å². The molecule has 3 aromatic rings. The lowest BCUT2D eigenvalue weighted by atomic mass is 10.0. The molecule has 0 atom stereocenters. The zero-order valence-electron chi connectivity index (χ0n) is 19.3. The summed E-state index contributed by atoms with van der Waals surface area (Å²) in [6.07, 6.45) is 5.65. The summed E-state index contributed by atoms with van der Waals surface area (Å²) in [5, 5.41) is 2.35. The van der Waals surface area contributed by atoms with E-state index in [9.17, 15) is 14.4 Å². The van der Waals surface area contributed by atoms with E-state index in [4.69, 9.17) is 4.98 Å². The van der Waals surface area contributed by atoms with Crippen molar-refractivity contribution in [3.05, 3.63) is 53.2 Å². The van der Waals surface area contributed by atoms with E-state index >= 15 is 0 Å². The Morgan fingerprint density at radius 2 is 1.71 bits per heavy atom. The molecule has 1 aromatic carbocycles. The molecular weight excluding hydrogens is 430 g/mol. The van der Waals surface area contributed by atoms with Gasteiger partial charge < -0.3 is 4.57 Å². The van der Waals surface area contributed by atoms with Gasteiger partial charge in [-0.1, -0.05) is 6.07 Å². The summed E-state index contributed by atoms with van der Waals surface area (Å²) < 4.78 is 2.13. The number of likely N-dealkylation sites (tertiary alicyclic amines) is 1. The number of amides is 3. The lowest BCUT2D eigenvalue weighted by Crippen LogP contribution is -2.51. The predicted molar refractivity (Wildman–Crippen MR) is 126 cm³/mol. The molecular formula is C26H27N5O3. The Bertz CT molecular complexity index is 1320. The van der Waals surface area contributed by atoms with Crippen LogP contribution in [0.2, 0.25) is 0 Å². The number of carbonyl (C=O) groups excluding carboxylic acids is 3. The molecule has 0 N–H and O–H groups in total. The van der Waals surface area contributed by atoms with E-state index in [0.29, 0.717) is 12.0 Å². The Morgan fingerprint density at radius 3 is 2.47 bits per heavy atom. The van der Waals surface area contributed by atoms with Crippen molar-refractivity contribution in [2.45, 2.75) is 45.2 Å². The normalized spacial score (nSPS) is 19.0. The molecule has 3 aliphatic rings. The van der Waals surface area contributed by atoms with Gasteiger partial charge in [-0.25, -0.2) is 9.99 Å². The number of pyridine rings is 1. The monoisotopic (exact) mass is 457 g/mol. The Morgan fingerprint density at radius 1 is 0.941 bits per heavy atom. The molecule has 3 amide bonds. The van der Waals surface area contributed by atoms with Gasteiger partial charge in [0.25, 0.3) is 5.91 Å². The van der Waals surface area contributed by atoms with E-state index in [1.165, 1.54) is 23.4 Å². The maximum Gasteiger partial charge on any atom is 0.273 e. The molecule has 0 spiro atoms. The van der Waals surface area contributed by atoms with Crippen molar-refractivity contribution in [3.8, 4) is 11.3 Å². The highest BCUT2D eigenvalue weighted by Gasteiger charge is 2.39. The standard InChI is InChI=1S/C26H27N5O3/c1-28-12-9-21-25(28)19(15-29-10-2-3-11-29)14-22(27-21)17-7-8-20-18(13-17)16-30(26(20)34)31-23(32)5-4-6-24(31)33/h7-9,12-14H,2-6,10-11,15-16H2,1H3. The second-order valence-corrected chi connectivity index (χ2v) is 9.50. The maximum absolute atomic E-state index is 13.0. The molecule has 0 unspecified atom stereocenters. The van der Waals surface area contributed by atoms with Crippen LogP contribution < -0.4 is 0 Å². The summed E-state index contributed by atoms with van der Waals surface area (Å²) in [5.74, 6) is -0.910. The average molecular weight is 458 g/mol. The van der Waals surface area contributed by atoms with Crippen LogP contribution >= 0.6 is 0 Å². The number of hydrogen-bond donors (Lipinski definition) is 0. The minimum atomic E-state index is -0.305. The molecule has 0 aliphatic carbocycles. The van der Waals surface area contributed by atoms with Gasteiger partial charge in [0.15, 0.2) is 0 Å². The molecule has 2 fully saturated rings. The smallest absolute Gasteiger partial charge is 0.273 e. The molecule has 0 saturated carbocycles. The predicted octanol–water partition coefficient (Wildman–Crippen LogP) is 3.25. The Labute approximate surface area is 197 Å². The molecule has 0 bridgehead atoms. The lowest BCUT2D eigenvalue weighted by Gasteiger charge is -2.32. The van der Waals surface area contributed by atoms with Crippen LogP contribution in [0.15, 0.2) is 36.5 Å². The van der Waals surface area contributed by atoms with Crippen LogP contribution in [-0.4, -0.2) is 55.3 Å². The molecule has 2 aromatic heterocycles. The largest absolute Gasteiger partial charge is 0.349 e. The first-order valence-corrected chi connectivity index (χ1v) is 12.0. The number of benzene rings is 1. The van der Waals surface area contributed by atoms with Crippen molar-refractivity contribution in [1.82, 2.24) is 24.5 Å². The number of hydrazine groups is 1. The number of rotatable bonds is 4. The minimum Gasteiger partial charge on any atom is -0.349 e. The fourth-order valence-electron chi connectivity index (χ4n) is 5.48. The highest BCUT2D eigenvalue weighted by Crippen LogP contribution is 2.32. The zero-order chi connectivity index (χ0) is 23.4. The van der Waals surface area contributed by atoms with E-state index < -0.39 is 0 Å². The van der Waals surface area contributed by atoms with Gasteiger partial charge in [-0.05, 0) is 67.7 Å². The number of carbonyl (C=O) groups is 3. The van der Waals surface area contributed by atoms with Gasteiger partial charge in [-0.3, -0.25) is 19.3 Å². The van der Waals surface area contributed by atoms with E-state index in [1.807, 2.05) is 24.4 Å². The van der Waals surface area contributed by atoms with Crippen LogP contribution in [0.25, 0.3) is 22.3 Å². The molecule has 8 nitrogen and oxygen atoms in total. The van der Waals surface area contributed by atoms with Gasteiger partial charge in [0.05, 0.1) is 23.3 Å². The van der Waals surface area contributed by atoms with Crippen LogP contribution in [-0.2, 0) is 29.7 Å². The number of imide groups is 1. The number of hydrogen-bond acceptors (Lipinski definition) is 5. The van der Waals surface area contributed by atoms with Gasteiger partial charge in [-0.15, -0.1) is 0 Å². The topological polar surface area (TPSA) is 78.8 Å². The molecule has 3 aliphatic heterocycles. The van der Waals surface area contributed by atoms with Crippen molar-refractivity contribution in [1.29, 1.82) is 0 Å². The van der Waals surface area contributed by atoms with E-state index in [0.717, 1.165) is 52.5 Å². The third-order valence-corrected chi connectivity index (χ3v) is 7.18. The molecule has 34 heavy (non-hydrogen) atoms. The third-order valence-electron chi connectivity index (χ3n) is 7.18.